The summed E-state index contributed by atoms with van der Waals surface area (Å²) in [6.07, 6.45) is 9.15. The smallest absolute Gasteiger partial charge is 0.0953 e. The van der Waals surface area contributed by atoms with Crippen molar-refractivity contribution in [2.75, 3.05) is 0 Å². The Morgan fingerprint density at radius 3 is 3.00 bits per heavy atom. The van der Waals surface area contributed by atoms with Gasteiger partial charge in [0, 0.05) is 17.7 Å². The van der Waals surface area contributed by atoms with Crippen LogP contribution in [0.5, 0.6) is 0 Å². The lowest BCUT2D eigenvalue weighted by Crippen LogP contribution is -2.02. The van der Waals surface area contributed by atoms with Crippen LogP contribution in [0.2, 0.25) is 0 Å². The average molecular weight is 291 g/mol. The molecule has 3 nitrogen and oxygen atoms in total. The van der Waals surface area contributed by atoms with E-state index in [9.17, 15) is 0 Å². The first kappa shape index (κ1) is 15.8. The van der Waals surface area contributed by atoms with Gasteiger partial charge in [0.15, 0.2) is 0 Å². The Bertz CT molecular complexity index is 757. The molecular formula is C19H21N3. The molecule has 1 aromatic heterocycles. The highest BCUT2D eigenvalue weighted by molar-refractivity contribution is 5.85. The summed E-state index contributed by atoms with van der Waals surface area (Å²) in [7, 11) is 0. The number of fused-ring (bicyclic) bond motifs is 1. The van der Waals surface area contributed by atoms with Crippen molar-refractivity contribution in [1.29, 1.82) is 5.26 Å². The van der Waals surface area contributed by atoms with Gasteiger partial charge in [-0.3, -0.25) is 5.10 Å². The van der Waals surface area contributed by atoms with Gasteiger partial charge in [0.25, 0.3) is 0 Å². The summed E-state index contributed by atoms with van der Waals surface area (Å²) in [5.74, 6) is 0.0974. The number of para-hydroxylation sites is 1. The number of aromatic amines is 1. The number of rotatable bonds is 6. The number of aryl methyl sites for hydroxylation is 1. The third-order valence-corrected chi connectivity index (χ3v) is 3.83. The van der Waals surface area contributed by atoms with Gasteiger partial charge in [-0.15, -0.1) is 0 Å². The molecule has 1 heterocycles. The van der Waals surface area contributed by atoms with Crippen molar-refractivity contribution in [3.05, 3.63) is 65.9 Å². The van der Waals surface area contributed by atoms with E-state index in [4.69, 9.17) is 5.26 Å². The molecule has 0 saturated heterocycles. The zero-order chi connectivity index (χ0) is 15.9. The predicted molar refractivity (Wildman–Crippen MR) is 91.5 cm³/mol. The fraction of sp³-hybridized carbons (Fsp3) is 0.263. The summed E-state index contributed by atoms with van der Waals surface area (Å²) < 4.78 is 0. The fourth-order valence-corrected chi connectivity index (χ4v) is 2.69. The second kappa shape index (κ2) is 7.42. The molecule has 2 rings (SSSR count). The zero-order valence-electron chi connectivity index (χ0n) is 13.1. The highest BCUT2D eigenvalue weighted by Gasteiger charge is 2.19. The van der Waals surface area contributed by atoms with Gasteiger partial charge < -0.3 is 0 Å². The maximum absolute atomic E-state index is 8.97. The van der Waals surface area contributed by atoms with Crippen LogP contribution in [0, 0.1) is 18.3 Å². The summed E-state index contributed by atoms with van der Waals surface area (Å²) >= 11 is 0. The number of aromatic nitrogens is 2. The number of nitrogens with one attached hydrogen (secondary N) is 1. The molecule has 112 valence electrons. The molecule has 1 unspecified atom stereocenters. The van der Waals surface area contributed by atoms with Gasteiger partial charge in [-0.25, -0.2) is 0 Å². The van der Waals surface area contributed by atoms with E-state index in [2.05, 4.69) is 48.0 Å². The Hall–Kier alpha value is -2.60. The molecule has 0 saturated carbocycles. The van der Waals surface area contributed by atoms with E-state index in [1.54, 1.807) is 0 Å². The van der Waals surface area contributed by atoms with Gasteiger partial charge >= 0.3 is 0 Å². The standard InChI is InChI=1S/C19H21N3/c1-4-6-10-15(5-2)16(12-8-13-20)19-17-11-7-9-14(3)18(17)21-22-19/h4-7,9-11,16H,2,8,12H2,1,3H3,(H,21,22)/b6-4-,15-10+. The van der Waals surface area contributed by atoms with E-state index in [-0.39, 0.29) is 5.92 Å². The number of nitriles is 1. The molecule has 0 bridgehead atoms. The topological polar surface area (TPSA) is 52.5 Å². The molecule has 1 aromatic carbocycles. The van der Waals surface area contributed by atoms with Gasteiger partial charge in [-0.1, -0.05) is 49.1 Å². The monoisotopic (exact) mass is 291 g/mol. The first-order valence-electron chi connectivity index (χ1n) is 7.48. The molecular weight excluding hydrogens is 270 g/mol. The van der Waals surface area contributed by atoms with Crippen LogP contribution in [0.4, 0.5) is 0 Å². The summed E-state index contributed by atoms with van der Waals surface area (Å²) in [5.41, 5.74) is 4.30. The number of hydrogen-bond donors (Lipinski definition) is 1. The Morgan fingerprint density at radius 1 is 1.50 bits per heavy atom. The number of nitrogens with zero attached hydrogens (tertiary/aromatic N) is 2. The van der Waals surface area contributed by atoms with Crippen LogP contribution in [0.15, 0.2) is 54.7 Å². The molecule has 0 aliphatic rings. The molecule has 0 aliphatic carbocycles. The van der Waals surface area contributed by atoms with Crippen molar-refractivity contribution in [1.82, 2.24) is 10.2 Å². The molecule has 0 radical (unpaired) electrons. The average Bonchev–Trinajstić information content (AvgIpc) is 2.96. The summed E-state index contributed by atoms with van der Waals surface area (Å²) in [5, 5.41) is 17.7. The maximum atomic E-state index is 8.97. The maximum Gasteiger partial charge on any atom is 0.0953 e. The summed E-state index contributed by atoms with van der Waals surface area (Å²) in [4.78, 5) is 0. The molecule has 3 heteroatoms. The molecule has 0 fully saturated rings. The van der Waals surface area contributed by atoms with Crippen molar-refractivity contribution in [2.24, 2.45) is 0 Å². The zero-order valence-corrected chi connectivity index (χ0v) is 13.1. The Morgan fingerprint density at radius 2 is 2.32 bits per heavy atom. The van der Waals surface area contributed by atoms with E-state index in [0.717, 1.165) is 34.2 Å². The van der Waals surface area contributed by atoms with Gasteiger partial charge in [-0.2, -0.15) is 10.4 Å². The third-order valence-electron chi connectivity index (χ3n) is 3.83. The Balaban J connectivity index is 2.54. The van der Waals surface area contributed by atoms with Crippen LogP contribution in [-0.4, -0.2) is 10.2 Å². The molecule has 2 aromatic rings. The molecule has 22 heavy (non-hydrogen) atoms. The van der Waals surface area contributed by atoms with Crippen molar-refractivity contribution < 1.29 is 0 Å². The molecule has 1 N–H and O–H groups in total. The molecule has 0 spiro atoms. The largest absolute Gasteiger partial charge is 0.281 e. The van der Waals surface area contributed by atoms with E-state index < -0.39 is 0 Å². The minimum absolute atomic E-state index is 0.0974. The Labute approximate surface area is 131 Å². The summed E-state index contributed by atoms with van der Waals surface area (Å²) in [6, 6.07) is 8.42. The van der Waals surface area contributed by atoms with Gasteiger partial charge in [0.05, 0.1) is 17.3 Å². The van der Waals surface area contributed by atoms with E-state index >= 15 is 0 Å². The first-order chi connectivity index (χ1) is 10.7. The normalized spacial score (nSPS) is 13.4. The Kier molecular flexibility index (Phi) is 5.32. The van der Waals surface area contributed by atoms with Gasteiger partial charge in [0.2, 0.25) is 0 Å². The minimum atomic E-state index is 0.0974. The molecule has 0 aliphatic heterocycles. The fourth-order valence-electron chi connectivity index (χ4n) is 2.69. The van der Waals surface area contributed by atoms with E-state index in [1.807, 2.05) is 31.2 Å². The van der Waals surface area contributed by atoms with Gasteiger partial charge in [0.1, 0.15) is 0 Å². The van der Waals surface area contributed by atoms with Crippen molar-refractivity contribution in [3.63, 3.8) is 0 Å². The van der Waals surface area contributed by atoms with Crippen molar-refractivity contribution in [2.45, 2.75) is 32.6 Å². The highest BCUT2D eigenvalue weighted by Crippen LogP contribution is 2.33. The lowest BCUT2D eigenvalue weighted by Gasteiger charge is -2.16. The highest BCUT2D eigenvalue weighted by atomic mass is 15.1. The number of allylic oxidation sites excluding steroid dienone is 5. The minimum Gasteiger partial charge on any atom is -0.281 e. The van der Waals surface area contributed by atoms with Crippen LogP contribution < -0.4 is 0 Å². The first-order valence-corrected chi connectivity index (χ1v) is 7.48. The van der Waals surface area contributed by atoms with Crippen LogP contribution >= 0.6 is 0 Å². The van der Waals surface area contributed by atoms with Crippen molar-refractivity contribution in [3.8, 4) is 6.07 Å². The van der Waals surface area contributed by atoms with Crippen molar-refractivity contribution >= 4 is 10.9 Å². The molecule has 0 amide bonds. The predicted octanol–water partition coefficient (Wildman–Crippen LogP) is 4.95. The second-order valence-electron chi connectivity index (χ2n) is 5.25. The van der Waals surface area contributed by atoms with Crippen LogP contribution in [0.25, 0.3) is 10.9 Å². The number of H-pyrrole nitrogens is 1. The van der Waals surface area contributed by atoms with Crippen LogP contribution in [0.1, 0.15) is 36.9 Å². The number of benzene rings is 1. The van der Waals surface area contributed by atoms with E-state index in [0.29, 0.717) is 6.42 Å². The summed E-state index contributed by atoms with van der Waals surface area (Å²) in [6.45, 7) is 7.97. The van der Waals surface area contributed by atoms with Crippen LogP contribution in [0.3, 0.4) is 0 Å². The second-order valence-corrected chi connectivity index (χ2v) is 5.25. The number of hydrogen-bond acceptors (Lipinski definition) is 2. The van der Waals surface area contributed by atoms with E-state index in [1.165, 1.54) is 0 Å². The van der Waals surface area contributed by atoms with Crippen LogP contribution in [-0.2, 0) is 0 Å². The molecule has 1 atom stereocenters. The SMILES string of the molecule is C=C/C(=C\C=C/C)C(CCC#N)c1[nH]nc2c(C)cccc12. The quantitative estimate of drug-likeness (QED) is 0.766. The third kappa shape index (κ3) is 3.17. The van der Waals surface area contributed by atoms with Gasteiger partial charge in [-0.05, 0) is 31.4 Å². The lowest BCUT2D eigenvalue weighted by atomic mass is 9.88. The lowest BCUT2D eigenvalue weighted by molar-refractivity contribution is 0.711.